The fourth-order valence-electron chi connectivity index (χ4n) is 3.23. The summed E-state index contributed by atoms with van der Waals surface area (Å²) in [7, 11) is 0. The third-order valence-corrected chi connectivity index (χ3v) is 4.91. The van der Waals surface area contributed by atoms with E-state index in [0.29, 0.717) is 42.8 Å². The van der Waals surface area contributed by atoms with Crippen molar-refractivity contribution < 1.29 is 19.1 Å². The van der Waals surface area contributed by atoms with Gasteiger partial charge >= 0.3 is 0 Å². The second-order valence-electron chi connectivity index (χ2n) is 7.19. The van der Waals surface area contributed by atoms with Gasteiger partial charge in [0.1, 0.15) is 5.75 Å². The first-order valence-corrected chi connectivity index (χ1v) is 9.60. The third kappa shape index (κ3) is 5.57. The smallest absolute Gasteiger partial charge is 0.255 e. The molecule has 1 saturated heterocycles. The summed E-state index contributed by atoms with van der Waals surface area (Å²) in [6, 6.07) is 14.1. The molecule has 0 atom stereocenters. The summed E-state index contributed by atoms with van der Waals surface area (Å²) < 4.78 is 5.19. The number of nitrogens with zero attached hydrogens (tertiary/aromatic N) is 1. The molecular formula is C22H25N3O4. The quantitative estimate of drug-likeness (QED) is 0.780. The van der Waals surface area contributed by atoms with E-state index >= 15 is 0 Å². The van der Waals surface area contributed by atoms with Gasteiger partial charge in [0.15, 0.2) is 6.61 Å². The van der Waals surface area contributed by atoms with E-state index < -0.39 is 5.91 Å². The predicted molar refractivity (Wildman–Crippen MR) is 109 cm³/mol. The number of nitrogens with one attached hydrogen (secondary N) is 1. The van der Waals surface area contributed by atoms with Gasteiger partial charge in [-0.1, -0.05) is 17.7 Å². The van der Waals surface area contributed by atoms with E-state index in [-0.39, 0.29) is 24.5 Å². The molecule has 1 aliphatic rings. The number of carbonyl (C=O) groups excluding carboxylic acids is 3. The van der Waals surface area contributed by atoms with Crippen molar-refractivity contribution in [2.24, 2.45) is 5.73 Å². The summed E-state index contributed by atoms with van der Waals surface area (Å²) in [5.41, 5.74) is 7.36. The number of nitrogens with two attached hydrogens (primary N) is 1. The Balaban J connectivity index is 1.48. The van der Waals surface area contributed by atoms with E-state index in [0.717, 1.165) is 5.56 Å². The van der Waals surface area contributed by atoms with Gasteiger partial charge in [0.2, 0.25) is 0 Å². The molecule has 0 bridgehead atoms. The van der Waals surface area contributed by atoms with Crippen LogP contribution in [0.5, 0.6) is 5.75 Å². The number of rotatable bonds is 6. The van der Waals surface area contributed by atoms with Crippen LogP contribution in [0.25, 0.3) is 0 Å². The number of hydrogen-bond donors (Lipinski definition) is 2. The van der Waals surface area contributed by atoms with E-state index in [9.17, 15) is 14.4 Å². The van der Waals surface area contributed by atoms with E-state index in [4.69, 9.17) is 10.5 Å². The van der Waals surface area contributed by atoms with Crippen molar-refractivity contribution in [3.8, 4) is 5.75 Å². The van der Waals surface area contributed by atoms with Crippen molar-refractivity contribution in [3.63, 3.8) is 0 Å². The van der Waals surface area contributed by atoms with Crippen LogP contribution in [0.4, 0.5) is 0 Å². The minimum Gasteiger partial charge on any atom is -0.484 e. The molecule has 1 heterocycles. The average Bonchev–Trinajstić information content (AvgIpc) is 2.73. The lowest BCUT2D eigenvalue weighted by Crippen LogP contribution is -2.46. The number of likely N-dealkylation sites (tertiary alicyclic amines) is 1. The Morgan fingerprint density at radius 3 is 2.17 bits per heavy atom. The number of carbonyl (C=O) groups is 3. The maximum Gasteiger partial charge on any atom is 0.255 e. The molecule has 0 saturated carbocycles. The van der Waals surface area contributed by atoms with Gasteiger partial charge in [-0.2, -0.15) is 0 Å². The van der Waals surface area contributed by atoms with Gasteiger partial charge in [0.25, 0.3) is 17.7 Å². The topological polar surface area (TPSA) is 102 Å². The van der Waals surface area contributed by atoms with Crippen molar-refractivity contribution >= 4 is 17.7 Å². The molecule has 2 aromatic carbocycles. The zero-order valence-corrected chi connectivity index (χ0v) is 16.4. The molecule has 7 nitrogen and oxygen atoms in total. The Kier molecular flexibility index (Phi) is 6.49. The third-order valence-electron chi connectivity index (χ3n) is 4.91. The molecule has 0 aliphatic carbocycles. The number of piperidine rings is 1. The number of primary amides is 1. The van der Waals surface area contributed by atoms with Crippen LogP contribution in [0.15, 0.2) is 48.5 Å². The number of hydrogen-bond acceptors (Lipinski definition) is 4. The molecule has 1 aliphatic heterocycles. The normalized spacial score (nSPS) is 14.3. The van der Waals surface area contributed by atoms with Gasteiger partial charge in [-0.25, -0.2) is 0 Å². The highest BCUT2D eigenvalue weighted by Crippen LogP contribution is 2.16. The van der Waals surface area contributed by atoms with Crippen LogP contribution in [0.1, 0.15) is 39.1 Å². The van der Waals surface area contributed by atoms with Crippen LogP contribution < -0.4 is 15.8 Å². The van der Waals surface area contributed by atoms with Crippen LogP contribution in [-0.4, -0.2) is 48.4 Å². The highest BCUT2D eigenvalue weighted by Gasteiger charge is 2.24. The number of amides is 3. The Bertz CT molecular complexity index is 870. The highest BCUT2D eigenvalue weighted by atomic mass is 16.5. The van der Waals surface area contributed by atoms with Crippen molar-refractivity contribution in [1.82, 2.24) is 10.2 Å². The fraction of sp³-hybridized carbons (Fsp3) is 0.318. The molecule has 1 fully saturated rings. The maximum atomic E-state index is 12.6. The number of benzene rings is 2. The monoisotopic (exact) mass is 395 g/mol. The lowest BCUT2D eigenvalue weighted by Gasteiger charge is -2.32. The molecule has 7 heteroatoms. The van der Waals surface area contributed by atoms with Crippen LogP contribution in [-0.2, 0) is 4.79 Å². The zero-order chi connectivity index (χ0) is 20.8. The van der Waals surface area contributed by atoms with Crippen LogP contribution >= 0.6 is 0 Å². The lowest BCUT2D eigenvalue weighted by molar-refractivity contribution is -0.119. The molecular weight excluding hydrogens is 370 g/mol. The molecule has 0 radical (unpaired) electrons. The molecule has 3 rings (SSSR count). The Morgan fingerprint density at radius 2 is 1.59 bits per heavy atom. The molecule has 29 heavy (non-hydrogen) atoms. The molecule has 3 N–H and O–H groups in total. The molecule has 0 unspecified atom stereocenters. The summed E-state index contributed by atoms with van der Waals surface area (Å²) in [5, 5.41) is 3.02. The average molecular weight is 395 g/mol. The largest absolute Gasteiger partial charge is 0.484 e. The first-order valence-electron chi connectivity index (χ1n) is 9.60. The van der Waals surface area contributed by atoms with Crippen molar-refractivity contribution in [2.45, 2.75) is 25.8 Å². The molecule has 2 aromatic rings. The maximum absolute atomic E-state index is 12.6. The minimum absolute atomic E-state index is 0.0235. The molecule has 152 valence electrons. The Labute approximate surface area is 169 Å². The summed E-state index contributed by atoms with van der Waals surface area (Å²) in [5.74, 6) is -0.224. The van der Waals surface area contributed by atoms with Crippen molar-refractivity contribution in [1.29, 1.82) is 0 Å². The van der Waals surface area contributed by atoms with Gasteiger partial charge in [0.05, 0.1) is 0 Å². The summed E-state index contributed by atoms with van der Waals surface area (Å²) >= 11 is 0. The molecule has 3 amide bonds. The van der Waals surface area contributed by atoms with Gasteiger partial charge in [-0.05, 0) is 56.2 Å². The van der Waals surface area contributed by atoms with E-state index in [1.165, 1.54) is 0 Å². The zero-order valence-electron chi connectivity index (χ0n) is 16.4. The molecule has 0 spiro atoms. The van der Waals surface area contributed by atoms with Gasteiger partial charge in [0, 0.05) is 30.3 Å². The first-order chi connectivity index (χ1) is 13.9. The van der Waals surface area contributed by atoms with E-state index in [2.05, 4.69) is 5.32 Å². The van der Waals surface area contributed by atoms with Crippen LogP contribution in [0.2, 0.25) is 0 Å². The van der Waals surface area contributed by atoms with Crippen LogP contribution in [0, 0.1) is 6.92 Å². The number of ether oxygens (including phenoxy) is 1. The summed E-state index contributed by atoms with van der Waals surface area (Å²) in [4.78, 5) is 37.6. The van der Waals surface area contributed by atoms with E-state index in [1.54, 1.807) is 24.3 Å². The summed E-state index contributed by atoms with van der Waals surface area (Å²) in [6.07, 6.45) is 1.42. The van der Waals surface area contributed by atoms with Crippen molar-refractivity contribution in [2.75, 3.05) is 19.7 Å². The standard InChI is InChI=1S/C22H25N3O4/c1-15-2-4-17(5-3-15)22(28)25-12-10-18(11-13-25)24-21(27)16-6-8-19(9-7-16)29-14-20(23)26/h2-9,18H,10-14H2,1H3,(H2,23,26)(H,24,27). The lowest BCUT2D eigenvalue weighted by atomic mass is 10.0. The summed E-state index contributed by atoms with van der Waals surface area (Å²) in [6.45, 7) is 3.00. The first kappa shape index (κ1) is 20.4. The van der Waals surface area contributed by atoms with Gasteiger partial charge < -0.3 is 20.7 Å². The molecule has 0 aromatic heterocycles. The Morgan fingerprint density at radius 1 is 1.00 bits per heavy atom. The SMILES string of the molecule is Cc1ccc(C(=O)N2CCC(NC(=O)c3ccc(OCC(N)=O)cc3)CC2)cc1. The predicted octanol–water partition coefficient (Wildman–Crippen LogP) is 1.89. The fourth-order valence-corrected chi connectivity index (χ4v) is 3.23. The van der Waals surface area contributed by atoms with Crippen LogP contribution in [0.3, 0.4) is 0 Å². The highest BCUT2D eigenvalue weighted by molar-refractivity contribution is 5.95. The Hall–Kier alpha value is -3.35. The van der Waals surface area contributed by atoms with Crippen molar-refractivity contribution in [3.05, 3.63) is 65.2 Å². The minimum atomic E-state index is -0.556. The van der Waals surface area contributed by atoms with Gasteiger partial charge in [-0.3, -0.25) is 14.4 Å². The second-order valence-corrected chi connectivity index (χ2v) is 7.19. The van der Waals surface area contributed by atoms with E-state index in [1.807, 2.05) is 36.1 Å². The van der Waals surface area contributed by atoms with Gasteiger partial charge in [-0.15, -0.1) is 0 Å². The second kappa shape index (κ2) is 9.23. The number of aryl methyl sites for hydroxylation is 1.